The molecule has 2 aliphatic rings. The molecule has 10 nitrogen and oxygen atoms in total. The molecule has 0 aromatic heterocycles. The van der Waals surface area contributed by atoms with Gasteiger partial charge in [0.25, 0.3) is 17.3 Å². The number of carbonyl (C=O) groups is 1. The van der Waals surface area contributed by atoms with E-state index in [1.54, 1.807) is 24.3 Å². The molecule has 1 amide bonds. The summed E-state index contributed by atoms with van der Waals surface area (Å²) in [5.41, 5.74) is -0.0673. The van der Waals surface area contributed by atoms with Gasteiger partial charge in [-0.05, 0) is 39.7 Å². The largest absolute Gasteiger partial charge is 0.327 e. The molecule has 0 atom stereocenters. The number of fused-ring (bicyclic) bond motifs is 2. The Kier molecular flexibility index (Phi) is 5.26. The molecule has 0 radical (unpaired) electrons. The number of rotatable bonds is 3. The Hall–Kier alpha value is -3.99. The van der Waals surface area contributed by atoms with Crippen molar-refractivity contribution in [1.82, 2.24) is 4.90 Å². The highest BCUT2D eigenvalue weighted by molar-refractivity contribution is 9.11. The molecule has 0 unspecified atom stereocenters. The monoisotopic (exact) mass is 481 g/mol. The molecule has 2 heterocycles. The zero-order valence-corrected chi connectivity index (χ0v) is 17.2. The minimum atomic E-state index is -0.916. The van der Waals surface area contributed by atoms with Gasteiger partial charge in [-0.15, -0.1) is 0 Å². The van der Waals surface area contributed by atoms with Crippen molar-refractivity contribution in [2.24, 2.45) is 9.98 Å². The molecule has 2 aromatic carbocycles. The summed E-state index contributed by atoms with van der Waals surface area (Å²) in [6, 6.07) is 10.1. The highest BCUT2D eigenvalue weighted by atomic mass is 79.9. The van der Waals surface area contributed by atoms with Crippen LogP contribution in [0.3, 0.4) is 0 Å². The summed E-state index contributed by atoms with van der Waals surface area (Å²) in [6.45, 7) is 0.485. The standard InChI is InChI=1S/C20H12BrN5O5/c21-13-5-8-18-22-19(15-4-2-1-3-12(15)10-24(18)11-13)23-20(27)16-7-6-14(25(28)29)9-17(16)26(30)31/h1-9,11H,10H2. The van der Waals surface area contributed by atoms with Crippen LogP contribution in [-0.4, -0.2) is 32.3 Å². The van der Waals surface area contributed by atoms with E-state index in [-0.39, 0.29) is 11.4 Å². The second-order valence-electron chi connectivity index (χ2n) is 6.56. The molecule has 0 saturated carbocycles. The Morgan fingerprint density at radius 1 is 1.10 bits per heavy atom. The van der Waals surface area contributed by atoms with Crippen LogP contribution >= 0.6 is 15.9 Å². The maximum Gasteiger partial charge on any atom is 0.289 e. The Labute approximate surface area is 183 Å². The van der Waals surface area contributed by atoms with Crippen LogP contribution in [0, 0.1) is 20.2 Å². The van der Waals surface area contributed by atoms with Gasteiger partial charge in [0.15, 0.2) is 5.84 Å². The van der Waals surface area contributed by atoms with Crippen LogP contribution in [-0.2, 0) is 6.54 Å². The van der Waals surface area contributed by atoms with Crippen molar-refractivity contribution in [2.75, 3.05) is 0 Å². The van der Waals surface area contributed by atoms with Crippen molar-refractivity contribution < 1.29 is 14.6 Å². The molecule has 2 aliphatic heterocycles. The van der Waals surface area contributed by atoms with E-state index >= 15 is 0 Å². The molecule has 0 bridgehead atoms. The second kappa shape index (κ2) is 8.03. The third-order valence-corrected chi connectivity index (χ3v) is 5.08. The van der Waals surface area contributed by atoms with Gasteiger partial charge in [0.1, 0.15) is 11.4 Å². The van der Waals surface area contributed by atoms with E-state index in [1.165, 1.54) is 0 Å². The topological polar surface area (TPSA) is 131 Å². The van der Waals surface area contributed by atoms with Crippen molar-refractivity contribution in [1.29, 1.82) is 0 Å². The van der Waals surface area contributed by atoms with E-state index < -0.39 is 27.1 Å². The number of amides is 1. The molecule has 0 saturated heterocycles. The number of nitrogens with zero attached hydrogens (tertiary/aromatic N) is 5. The predicted molar refractivity (Wildman–Crippen MR) is 116 cm³/mol. The Bertz CT molecular complexity index is 1260. The first kappa shape index (κ1) is 20.3. The molecule has 0 N–H and O–H groups in total. The maximum atomic E-state index is 12.9. The lowest BCUT2D eigenvalue weighted by atomic mass is 10.1. The number of benzene rings is 2. The molecule has 154 valence electrons. The fourth-order valence-corrected chi connectivity index (χ4v) is 3.55. The number of aliphatic imine (C=N–C) groups is 2. The number of hydrogen-bond acceptors (Lipinski definition) is 6. The lowest BCUT2D eigenvalue weighted by molar-refractivity contribution is -0.394. The molecule has 0 spiro atoms. The van der Waals surface area contributed by atoms with Crippen LogP contribution in [0.2, 0.25) is 0 Å². The Morgan fingerprint density at radius 2 is 1.87 bits per heavy atom. The molecular formula is C20H12BrN5O5. The average Bonchev–Trinajstić information content (AvgIpc) is 2.89. The first-order chi connectivity index (χ1) is 14.8. The minimum Gasteiger partial charge on any atom is -0.327 e. The Balaban J connectivity index is 1.83. The van der Waals surface area contributed by atoms with Crippen LogP contribution in [0.4, 0.5) is 11.4 Å². The number of non-ortho nitro benzene ring substituents is 1. The summed E-state index contributed by atoms with van der Waals surface area (Å²) in [5, 5.41) is 22.3. The van der Waals surface area contributed by atoms with E-state index in [0.717, 1.165) is 28.2 Å². The normalized spacial score (nSPS) is 16.0. The summed E-state index contributed by atoms with van der Waals surface area (Å²) in [7, 11) is 0. The van der Waals surface area contributed by atoms with E-state index in [9.17, 15) is 25.0 Å². The maximum absolute atomic E-state index is 12.9. The lowest BCUT2D eigenvalue weighted by Gasteiger charge is -2.21. The molecule has 2 aromatic rings. The summed E-state index contributed by atoms with van der Waals surface area (Å²) in [5.74, 6) is -0.272. The van der Waals surface area contributed by atoms with Gasteiger partial charge in [0.05, 0.1) is 15.9 Å². The fraction of sp³-hybridized carbons (Fsp3) is 0.0500. The van der Waals surface area contributed by atoms with Crippen molar-refractivity contribution >= 4 is 44.9 Å². The van der Waals surface area contributed by atoms with Gasteiger partial charge >= 0.3 is 0 Å². The van der Waals surface area contributed by atoms with E-state index in [0.29, 0.717) is 17.9 Å². The van der Waals surface area contributed by atoms with Crippen LogP contribution in [0.5, 0.6) is 0 Å². The van der Waals surface area contributed by atoms with Gasteiger partial charge in [-0.2, -0.15) is 4.99 Å². The third kappa shape index (κ3) is 4.03. The highest BCUT2D eigenvalue weighted by Gasteiger charge is 2.26. The number of allylic oxidation sites excluding steroid dienone is 2. The molecule has 0 fully saturated rings. The second-order valence-corrected chi connectivity index (χ2v) is 7.47. The number of hydrogen-bond donors (Lipinski definition) is 0. The number of nitro groups is 2. The quantitative estimate of drug-likeness (QED) is 0.478. The summed E-state index contributed by atoms with van der Waals surface area (Å²) >= 11 is 3.42. The summed E-state index contributed by atoms with van der Waals surface area (Å²) in [4.78, 5) is 44.0. The van der Waals surface area contributed by atoms with E-state index in [1.807, 2.05) is 23.2 Å². The van der Waals surface area contributed by atoms with Gasteiger partial charge < -0.3 is 4.90 Å². The molecule has 31 heavy (non-hydrogen) atoms. The number of carbonyl (C=O) groups excluding carboxylic acids is 1. The lowest BCUT2D eigenvalue weighted by Crippen LogP contribution is -2.24. The summed E-state index contributed by atoms with van der Waals surface area (Å²) < 4.78 is 0.849. The zero-order valence-electron chi connectivity index (χ0n) is 15.6. The van der Waals surface area contributed by atoms with Crippen LogP contribution in [0.15, 0.2) is 75.3 Å². The van der Waals surface area contributed by atoms with Gasteiger partial charge in [0, 0.05) is 28.9 Å². The van der Waals surface area contributed by atoms with Crippen LogP contribution in [0.1, 0.15) is 21.5 Å². The molecule has 4 rings (SSSR count). The highest BCUT2D eigenvalue weighted by Crippen LogP contribution is 2.27. The van der Waals surface area contributed by atoms with E-state index in [4.69, 9.17) is 0 Å². The SMILES string of the molecule is O=C(N=C1N=C2C=CC(Br)=CN2Cc2ccccc21)c1ccc([N+](=O)[O-])cc1[N+](=O)[O-]. The minimum absolute atomic E-state index is 0.0989. The molecule has 11 heteroatoms. The van der Waals surface area contributed by atoms with Gasteiger partial charge in [0.2, 0.25) is 0 Å². The van der Waals surface area contributed by atoms with Gasteiger partial charge in [-0.25, -0.2) is 4.99 Å². The van der Waals surface area contributed by atoms with Gasteiger partial charge in [-0.3, -0.25) is 25.0 Å². The molecule has 0 aliphatic carbocycles. The predicted octanol–water partition coefficient (Wildman–Crippen LogP) is 4.11. The third-order valence-electron chi connectivity index (χ3n) is 4.61. The van der Waals surface area contributed by atoms with Crippen molar-refractivity contribution in [2.45, 2.75) is 6.54 Å². The number of halogens is 1. The number of amidine groups is 2. The smallest absolute Gasteiger partial charge is 0.289 e. The first-order valence-electron chi connectivity index (χ1n) is 8.88. The molecular weight excluding hydrogens is 470 g/mol. The van der Waals surface area contributed by atoms with Crippen molar-refractivity contribution in [3.8, 4) is 0 Å². The first-order valence-corrected chi connectivity index (χ1v) is 9.67. The van der Waals surface area contributed by atoms with Crippen molar-refractivity contribution in [3.63, 3.8) is 0 Å². The van der Waals surface area contributed by atoms with Crippen LogP contribution < -0.4 is 0 Å². The Morgan fingerprint density at radius 3 is 2.61 bits per heavy atom. The average molecular weight is 482 g/mol. The fourth-order valence-electron chi connectivity index (χ4n) is 3.17. The van der Waals surface area contributed by atoms with E-state index in [2.05, 4.69) is 25.9 Å². The zero-order chi connectivity index (χ0) is 22.1. The van der Waals surface area contributed by atoms with Crippen LogP contribution in [0.25, 0.3) is 0 Å². The van der Waals surface area contributed by atoms with Gasteiger partial charge in [-0.1, -0.05) is 24.3 Å². The summed E-state index contributed by atoms with van der Waals surface area (Å²) in [6.07, 6.45) is 5.40. The number of nitro benzene ring substituents is 2. The van der Waals surface area contributed by atoms with Crippen molar-refractivity contribution in [3.05, 3.63) is 102 Å².